The van der Waals surface area contributed by atoms with E-state index in [0.717, 1.165) is 30.1 Å². The Kier molecular flexibility index (Phi) is 3.94. The molecule has 2 aromatic rings. The predicted octanol–water partition coefficient (Wildman–Crippen LogP) is 4.38. The lowest BCUT2D eigenvalue weighted by molar-refractivity contribution is 0.404. The number of hydrogen-bond acceptors (Lipinski definition) is 3. The molecule has 1 saturated carbocycles. The van der Waals surface area contributed by atoms with Gasteiger partial charge in [0.15, 0.2) is 11.3 Å². The van der Waals surface area contributed by atoms with Crippen molar-refractivity contribution in [3.63, 3.8) is 0 Å². The highest BCUT2D eigenvalue weighted by molar-refractivity contribution is 5.89. The molecule has 0 radical (unpaired) electrons. The summed E-state index contributed by atoms with van der Waals surface area (Å²) in [7, 11) is 1.72. The van der Waals surface area contributed by atoms with Gasteiger partial charge in [-0.05, 0) is 42.9 Å². The molecule has 114 valence electrons. The van der Waals surface area contributed by atoms with Gasteiger partial charge < -0.3 is 14.5 Å². The quantitative estimate of drug-likeness (QED) is 0.856. The Morgan fingerprint density at radius 1 is 1.33 bits per heavy atom. The second kappa shape index (κ2) is 5.72. The highest BCUT2D eigenvalue weighted by Gasteiger charge is 2.31. The molecule has 0 unspecified atom stereocenters. The second-order valence-corrected chi connectivity index (χ2v) is 6.28. The number of nitrogens with one attached hydrogen (secondary N) is 1. The third kappa shape index (κ3) is 2.80. The smallest absolute Gasteiger partial charge is 0.176 e. The minimum absolute atomic E-state index is 0.457. The molecule has 0 spiro atoms. The minimum Gasteiger partial charge on any atom is -0.493 e. The Morgan fingerprint density at radius 3 is 2.67 bits per heavy atom. The number of ether oxygens (including phenoxy) is 1. The summed E-state index contributed by atoms with van der Waals surface area (Å²) < 4.78 is 11.7. The molecule has 1 aromatic carbocycles. The zero-order valence-electron chi connectivity index (χ0n) is 13.5. The van der Waals surface area contributed by atoms with E-state index in [-0.39, 0.29) is 0 Å². The van der Waals surface area contributed by atoms with Gasteiger partial charge in [-0.3, -0.25) is 0 Å². The van der Waals surface area contributed by atoms with Crippen LogP contribution in [0.4, 0.5) is 0 Å². The Hall–Kier alpha value is -1.48. The number of hydrogen-bond donors (Lipinski definition) is 1. The van der Waals surface area contributed by atoms with Gasteiger partial charge in [-0.2, -0.15) is 0 Å². The molecule has 0 saturated heterocycles. The summed E-state index contributed by atoms with van der Waals surface area (Å²) in [5, 5.41) is 4.74. The van der Waals surface area contributed by atoms with E-state index in [9.17, 15) is 0 Å². The third-order valence-corrected chi connectivity index (χ3v) is 4.22. The van der Waals surface area contributed by atoms with Crippen LogP contribution in [0.3, 0.4) is 0 Å². The summed E-state index contributed by atoms with van der Waals surface area (Å²) in [6.07, 6.45) is 3.57. The zero-order chi connectivity index (χ0) is 15.0. The van der Waals surface area contributed by atoms with Crippen LogP contribution < -0.4 is 10.1 Å². The highest BCUT2D eigenvalue weighted by Crippen LogP contribution is 2.48. The van der Waals surface area contributed by atoms with Crippen molar-refractivity contribution >= 4 is 11.0 Å². The summed E-state index contributed by atoms with van der Waals surface area (Å²) >= 11 is 0. The van der Waals surface area contributed by atoms with Gasteiger partial charge in [0.2, 0.25) is 0 Å². The van der Waals surface area contributed by atoms with E-state index in [2.05, 4.69) is 38.2 Å². The standard InChI is InChI=1S/C18H25NO2/c1-5-12-8-14-17(13-6-7-13)16(10-19-11(2)3)21-18(14)15(9-12)20-4/h8-9,11,13,19H,5-7,10H2,1-4H3. The van der Waals surface area contributed by atoms with Gasteiger partial charge in [0.1, 0.15) is 5.76 Å². The molecule has 21 heavy (non-hydrogen) atoms. The lowest BCUT2D eigenvalue weighted by atomic mass is 10.0. The van der Waals surface area contributed by atoms with E-state index >= 15 is 0 Å². The van der Waals surface area contributed by atoms with Crippen molar-refractivity contribution in [3.8, 4) is 5.75 Å². The van der Waals surface area contributed by atoms with Crippen molar-refractivity contribution in [2.75, 3.05) is 7.11 Å². The first kappa shape index (κ1) is 14.5. The predicted molar refractivity (Wildman–Crippen MR) is 86.1 cm³/mol. The number of methoxy groups -OCH3 is 1. The largest absolute Gasteiger partial charge is 0.493 e. The van der Waals surface area contributed by atoms with Crippen molar-refractivity contribution in [1.82, 2.24) is 5.32 Å². The van der Waals surface area contributed by atoms with Crippen molar-refractivity contribution in [2.24, 2.45) is 0 Å². The maximum Gasteiger partial charge on any atom is 0.176 e. The zero-order valence-corrected chi connectivity index (χ0v) is 13.5. The van der Waals surface area contributed by atoms with Crippen LogP contribution in [0.2, 0.25) is 0 Å². The molecule has 0 atom stereocenters. The average molecular weight is 287 g/mol. The van der Waals surface area contributed by atoms with Gasteiger partial charge in [0.25, 0.3) is 0 Å². The number of furan rings is 1. The van der Waals surface area contributed by atoms with E-state index < -0.39 is 0 Å². The average Bonchev–Trinajstić information content (AvgIpc) is 3.24. The van der Waals surface area contributed by atoms with Gasteiger partial charge >= 0.3 is 0 Å². The maximum absolute atomic E-state index is 6.18. The first-order chi connectivity index (χ1) is 10.1. The molecule has 1 N–H and O–H groups in total. The van der Waals surface area contributed by atoms with Crippen LogP contribution in [0.15, 0.2) is 16.5 Å². The molecule has 1 aromatic heterocycles. The number of rotatable bonds is 6. The summed E-state index contributed by atoms with van der Waals surface area (Å²) in [6, 6.07) is 4.84. The number of aryl methyl sites for hydroxylation is 1. The van der Waals surface area contributed by atoms with Crippen LogP contribution >= 0.6 is 0 Å². The van der Waals surface area contributed by atoms with E-state index in [4.69, 9.17) is 9.15 Å². The van der Waals surface area contributed by atoms with Gasteiger partial charge in [-0.1, -0.05) is 20.8 Å². The molecule has 0 amide bonds. The van der Waals surface area contributed by atoms with Gasteiger partial charge in [-0.25, -0.2) is 0 Å². The molecule has 3 rings (SSSR count). The van der Waals surface area contributed by atoms with Crippen LogP contribution in [0.25, 0.3) is 11.0 Å². The van der Waals surface area contributed by atoms with Crippen molar-refractivity contribution < 1.29 is 9.15 Å². The summed E-state index contributed by atoms with van der Waals surface area (Å²) in [5.74, 6) is 2.63. The van der Waals surface area contributed by atoms with Gasteiger partial charge in [0.05, 0.1) is 13.7 Å². The lowest BCUT2D eigenvalue weighted by Gasteiger charge is -2.07. The monoisotopic (exact) mass is 287 g/mol. The van der Waals surface area contributed by atoms with E-state index in [0.29, 0.717) is 12.0 Å². The number of benzene rings is 1. The summed E-state index contributed by atoms with van der Waals surface area (Å²) in [6.45, 7) is 7.30. The normalized spacial score (nSPS) is 15.1. The van der Waals surface area contributed by atoms with Crippen LogP contribution in [-0.2, 0) is 13.0 Å². The molecular formula is C18H25NO2. The fourth-order valence-corrected chi connectivity index (χ4v) is 2.90. The molecule has 1 aliphatic rings. The Labute approximate surface area is 126 Å². The van der Waals surface area contributed by atoms with Crippen LogP contribution in [-0.4, -0.2) is 13.2 Å². The first-order valence-corrected chi connectivity index (χ1v) is 7.99. The molecule has 1 aliphatic carbocycles. The SMILES string of the molecule is CCc1cc(OC)c2oc(CNC(C)C)c(C3CC3)c2c1. The molecule has 0 aliphatic heterocycles. The Bertz CT molecular complexity index is 638. The molecule has 1 heterocycles. The van der Waals surface area contributed by atoms with E-state index in [1.807, 2.05) is 0 Å². The third-order valence-electron chi connectivity index (χ3n) is 4.22. The van der Waals surface area contributed by atoms with Crippen LogP contribution in [0.5, 0.6) is 5.75 Å². The molecular weight excluding hydrogens is 262 g/mol. The topological polar surface area (TPSA) is 34.4 Å². The van der Waals surface area contributed by atoms with Gasteiger partial charge in [0, 0.05) is 17.0 Å². The van der Waals surface area contributed by atoms with Crippen LogP contribution in [0.1, 0.15) is 56.4 Å². The Morgan fingerprint density at radius 2 is 2.10 bits per heavy atom. The fourth-order valence-electron chi connectivity index (χ4n) is 2.90. The maximum atomic E-state index is 6.18. The van der Waals surface area contributed by atoms with Crippen molar-refractivity contribution in [2.45, 2.75) is 58.5 Å². The summed E-state index contributed by atoms with van der Waals surface area (Å²) in [5.41, 5.74) is 3.63. The molecule has 0 bridgehead atoms. The fraction of sp³-hybridized carbons (Fsp3) is 0.556. The van der Waals surface area contributed by atoms with E-state index in [1.54, 1.807) is 7.11 Å². The van der Waals surface area contributed by atoms with E-state index in [1.165, 1.54) is 29.4 Å². The highest BCUT2D eigenvalue weighted by atomic mass is 16.5. The first-order valence-electron chi connectivity index (χ1n) is 7.99. The molecule has 3 nitrogen and oxygen atoms in total. The minimum atomic E-state index is 0.457. The second-order valence-electron chi connectivity index (χ2n) is 6.28. The number of fused-ring (bicyclic) bond motifs is 1. The van der Waals surface area contributed by atoms with Crippen molar-refractivity contribution in [1.29, 1.82) is 0 Å². The summed E-state index contributed by atoms with van der Waals surface area (Å²) in [4.78, 5) is 0. The van der Waals surface area contributed by atoms with Crippen molar-refractivity contribution in [3.05, 3.63) is 29.0 Å². The lowest BCUT2D eigenvalue weighted by Crippen LogP contribution is -2.22. The Balaban J connectivity index is 2.12. The van der Waals surface area contributed by atoms with Gasteiger partial charge in [-0.15, -0.1) is 0 Å². The molecule has 3 heteroatoms. The molecule has 1 fully saturated rings. The van der Waals surface area contributed by atoms with Crippen LogP contribution in [0, 0.1) is 0 Å².